The van der Waals surface area contributed by atoms with Crippen molar-refractivity contribution in [1.82, 2.24) is 29.9 Å². The van der Waals surface area contributed by atoms with Crippen molar-refractivity contribution < 1.29 is 0 Å². The van der Waals surface area contributed by atoms with Crippen molar-refractivity contribution in [2.24, 2.45) is 0 Å². The van der Waals surface area contributed by atoms with E-state index in [2.05, 4.69) is 84.9 Å². The first-order chi connectivity index (χ1) is 27.2. The maximum atomic E-state index is 5.04. The maximum Gasteiger partial charge on any atom is 0.164 e. The van der Waals surface area contributed by atoms with Crippen molar-refractivity contribution in [3.8, 4) is 79.5 Å². The fraction of sp³-hybridized carbons (Fsp3) is 0. The van der Waals surface area contributed by atoms with Gasteiger partial charge in [0.1, 0.15) is 0 Å². The molecule has 6 nitrogen and oxygen atoms in total. The number of hydrogen-bond acceptors (Lipinski definition) is 7. The summed E-state index contributed by atoms with van der Waals surface area (Å²) in [6, 6.07) is 61.9. The second-order valence-electron chi connectivity index (χ2n) is 13.2. The summed E-state index contributed by atoms with van der Waals surface area (Å²) in [4.78, 5) is 29.8. The summed E-state index contributed by atoms with van der Waals surface area (Å²) in [5, 5.41) is 2.30. The molecule has 0 aliphatic rings. The highest BCUT2D eigenvalue weighted by Crippen LogP contribution is 2.38. The molecule has 0 saturated heterocycles. The first-order valence-corrected chi connectivity index (χ1v) is 18.8. The highest BCUT2D eigenvalue weighted by molar-refractivity contribution is 7.25. The molecule has 55 heavy (non-hydrogen) atoms. The average Bonchev–Trinajstić information content (AvgIpc) is 3.65. The standard InChI is InChI=1S/C48H30N6S/c1-5-13-31(14-6-1)32-21-23-36(24-22-32)46-50-45(35-19-11-4-12-20-35)53-48(54-46)38-25-27-39-40-29-37(26-28-41(40)55-42(39)30-38)47-51-43(33-15-7-2-8-16-33)49-44(52-47)34-17-9-3-10-18-34/h1-30H. The van der Waals surface area contributed by atoms with Crippen LogP contribution in [0, 0.1) is 0 Å². The Morgan fingerprint density at radius 1 is 0.236 bits per heavy atom. The molecule has 10 aromatic rings. The molecule has 0 radical (unpaired) electrons. The highest BCUT2D eigenvalue weighted by Gasteiger charge is 2.17. The van der Waals surface area contributed by atoms with E-state index in [-0.39, 0.29) is 0 Å². The molecule has 258 valence electrons. The van der Waals surface area contributed by atoms with Gasteiger partial charge in [0.05, 0.1) is 0 Å². The Labute approximate surface area is 321 Å². The first-order valence-electron chi connectivity index (χ1n) is 18.0. The molecule has 0 aliphatic carbocycles. The second kappa shape index (κ2) is 14.0. The van der Waals surface area contributed by atoms with Gasteiger partial charge in [-0.25, -0.2) is 29.9 Å². The lowest BCUT2D eigenvalue weighted by Crippen LogP contribution is -2.00. The number of aromatic nitrogens is 6. The molecule has 0 fully saturated rings. The molecule has 3 aromatic heterocycles. The van der Waals surface area contributed by atoms with E-state index in [1.807, 2.05) is 97.1 Å². The zero-order valence-corrected chi connectivity index (χ0v) is 30.2. The third kappa shape index (κ3) is 6.43. The normalized spacial score (nSPS) is 11.3. The third-order valence-corrected chi connectivity index (χ3v) is 10.7. The van der Waals surface area contributed by atoms with Crippen LogP contribution in [0.3, 0.4) is 0 Å². The van der Waals surface area contributed by atoms with Crippen LogP contribution in [-0.4, -0.2) is 29.9 Å². The largest absolute Gasteiger partial charge is 0.208 e. The molecule has 0 bridgehead atoms. The van der Waals surface area contributed by atoms with Crippen LogP contribution in [0.25, 0.3) is 99.6 Å². The molecule has 0 atom stereocenters. The van der Waals surface area contributed by atoms with Crippen LogP contribution in [0.15, 0.2) is 182 Å². The quantitative estimate of drug-likeness (QED) is 0.163. The topological polar surface area (TPSA) is 77.3 Å². The average molecular weight is 723 g/mol. The number of nitrogens with zero attached hydrogens (tertiary/aromatic N) is 6. The van der Waals surface area contributed by atoms with Crippen LogP contribution in [0.5, 0.6) is 0 Å². The second-order valence-corrected chi connectivity index (χ2v) is 14.3. The fourth-order valence-electron chi connectivity index (χ4n) is 6.79. The van der Waals surface area contributed by atoms with Crippen LogP contribution in [0.4, 0.5) is 0 Å². The molecule has 0 aliphatic heterocycles. The smallest absolute Gasteiger partial charge is 0.164 e. The molecule has 7 aromatic carbocycles. The number of thiophene rings is 1. The molecule has 0 unspecified atom stereocenters. The number of hydrogen-bond donors (Lipinski definition) is 0. The Morgan fingerprint density at radius 3 is 1.04 bits per heavy atom. The lowest BCUT2D eigenvalue weighted by atomic mass is 10.0. The molecule has 0 saturated carbocycles. The van der Waals surface area contributed by atoms with Crippen LogP contribution < -0.4 is 0 Å². The zero-order chi connectivity index (χ0) is 36.6. The minimum absolute atomic E-state index is 0.628. The van der Waals surface area contributed by atoms with Gasteiger partial charge in [-0.05, 0) is 35.4 Å². The number of fused-ring (bicyclic) bond motifs is 3. The molecule has 0 spiro atoms. The minimum atomic E-state index is 0.628. The zero-order valence-electron chi connectivity index (χ0n) is 29.4. The lowest BCUT2D eigenvalue weighted by Gasteiger charge is -2.09. The van der Waals surface area contributed by atoms with Crippen LogP contribution in [-0.2, 0) is 0 Å². The van der Waals surface area contributed by atoms with Crippen LogP contribution in [0.1, 0.15) is 0 Å². The van der Waals surface area contributed by atoms with Gasteiger partial charge in [0.2, 0.25) is 0 Å². The van der Waals surface area contributed by atoms with Gasteiger partial charge in [-0.1, -0.05) is 158 Å². The van der Waals surface area contributed by atoms with Gasteiger partial charge in [0, 0.05) is 53.6 Å². The lowest BCUT2D eigenvalue weighted by molar-refractivity contribution is 1.07. The molecule has 0 N–H and O–H groups in total. The van der Waals surface area contributed by atoms with Crippen molar-refractivity contribution >= 4 is 31.5 Å². The predicted molar refractivity (Wildman–Crippen MR) is 224 cm³/mol. The van der Waals surface area contributed by atoms with E-state index in [4.69, 9.17) is 29.9 Å². The minimum Gasteiger partial charge on any atom is -0.208 e. The highest BCUT2D eigenvalue weighted by atomic mass is 32.1. The summed E-state index contributed by atoms with van der Waals surface area (Å²) < 4.78 is 2.32. The van der Waals surface area contributed by atoms with Gasteiger partial charge >= 0.3 is 0 Å². The number of rotatable bonds is 7. The first kappa shape index (κ1) is 32.4. The van der Waals surface area contributed by atoms with E-state index in [9.17, 15) is 0 Å². The summed E-state index contributed by atoms with van der Waals surface area (Å²) in [7, 11) is 0. The van der Waals surface area contributed by atoms with Gasteiger partial charge in [-0.2, -0.15) is 0 Å². The SMILES string of the molecule is c1ccc(-c2ccc(-c3nc(-c4ccccc4)nc(-c4ccc5c(c4)sc4ccc(-c6nc(-c7ccccc7)nc(-c7ccccc7)n6)cc45)n3)cc2)cc1. The Balaban J connectivity index is 1.05. The summed E-state index contributed by atoms with van der Waals surface area (Å²) in [6.45, 7) is 0. The Morgan fingerprint density at radius 2 is 0.564 bits per heavy atom. The molecular formula is C48H30N6S. The van der Waals surface area contributed by atoms with Crippen molar-refractivity contribution in [2.75, 3.05) is 0 Å². The molecule has 0 amide bonds. The summed E-state index contributed by atoms with van der Waals surface area (Å²) >= 11 is 1.75. The predicted octanol–water partition coefficient (Wildman–Crippen LogP) is 12.1. The van der Waals surface area contributed by atoms with Gasteiger partial charge < -0.3 is 0 Å². The van der Waals surface area contributed by atoms with Crippen LogP contribution >= 0.6 is 11.3 Å². The Hall–Kier alpha value is -7.22. The van der Waals surface area contributed by atoms with E-state index < -0.39 is 0 Å². The van der Waals surface area contributed by atoms with E-state index in [1.165, 1.54) is 10.3 Å². The number of benzene rings is 7. The Bertz CT molecular complexity index is 2890. The van der Waals surface area contributed by atoms with Gasteiger partial charge in [0.25, 0.3) is 0 Å². The van der Waals surface area contributed by atoms with Crippen molar-refractivity contribution in [3.05, 3.63) is 182 Å². The molecular weight excluding hydrogens is 693 g/mol. The molecule has 10 rings (SSSR count). The monoisotopic (exact) mass is 722 g/mol. The molecule has 7 heteroatoms. The van der Waals surface area contributed by atoms with Gasteiger partial charge in [-0.3, -0.25) is 0 Å². The Kier molecular flexibility index (Phi) is 8.24. The van der Waals surface area contributed by atoms with Gasteiger partial charge in [0.15, 0.2) is 34.9 Å². The maximum absolute atomic E-state index is 5.04. The van der Waals surface area contributed by atoms with E-state index in [1.54, 1.807) is 11.3 Å². The van der Waals surface area contributed by atoms with E-state index >= 15 is 0 Å². The summed E-state index contributed by atoms with van der Waals surface area (Å²) in [5.74, 6) is 3.81. The van der Waals surface area contributed by atoms with Crippen LogP contribution in [0.2, 0.25) is 0 Å². The van der Waals surface area contributed by atoms with Crippen molar-refractivity contribution in [3.63, 3.8) is 0 Å². The fourth-order valence-corrected chi connectivity index (χ4v) is 7.91. The van der Waals surface area contributed by atoms with Crippen molar-refractivity contribution in [1.29, 1.82) is 0 Å². The van der Waals surface area contributed by atoms with Crippen molar-refractivity contribution in [2.45, 2.75) is 0 Å². The van der Waals surface area contributed by atoms with E-state index in [0.29, 0.717) is 34.9 Å². The summed E-state index contributed by atoms with van der Waals surface area (Å²) in [5.41, 5.74) is 7.93. The summed E-state index contributed by atoms with van der Waals surface area (Å²) in [6.07, 6.45) is 0. The van der Waals surface area contributed by atoms with E-state index in [0.717, 1.165) is 54.4 Å². The molecule has 3 heterocycles. The third-order valence-electron chi connectivity index (χ3n) is 9.60. The van der Waals surface area contributed by atoms with Gasteiger partial charge in [-0.15, -0.1) is 11.3 Å².